The third kappa shape index (κ3) is 2.01. The monoisotopic (exact) mass is 202 g/mol. The second-order valence-corrected chi connectivity index (χ2v) is 3.75. The van der Waals surface area contributed by atoms with Gasteiger partial charge in [0.15, 0.2) is 0 Å². The summed E-state index contributed by atoms with van der Waals surface area (Å²) in [5.41, 5.74) is 2.39. The lowest BCUT2D eigenvalue weighted by molar-refractivity contribution is -0.110. The molecule has 0 radical (unpaired) electrons. The summed E-state index contributed by atoms with van der Waals surface area (Å²) in [5.74, 6) is 0. The summed E-state index contributed by atoms with van der Waals surface area (Å²) in [6, 6.07) is 8.35. The van der Waals surface area contributed by atoms with E-state index in [1.165, 1.54) is 10.9 Å². The molecule has 2 aromatic rings. The highest BCUT2D eigenvalue weighted by molar-refractivity contribution is 5.83. The van der Waals surface area contributed by atoms with Crippen molar-refractivity contribution in [1.82, 2.24) is 10.3 Å². The molecule has 2 rings (SSSR count). The summed E-state index contributed by atoms with van der Waals surface area (Å²) in [5, 5.41) is 3.99. The van der Waals surface area contributed by atoms with Gasteiger partial charge in [-0.05, 0) is 25.0 Å². The molecule has 0 saturated heterocycles. The molecule has 0 bridgehead atoms. The van der Waals surface area contributed by atoms with Gasteiger partial charge in [0.25, 0.3) is 0 Å². The van der Waals surface area contributed by atoms with E-state index in [4.69, 9.17) is 0 Å². The van der Waals surface area contributed by atoms with E-state index in [9.17, 15) is 4.79 Å². The van der Waals surface area contributed by atoms with Crippen molar-refractivity contribution < 1.29 is 4.79 Å². The average Bonchev–Trinajstić information content (AvgIpc) is 2.62. The summed E-state index contributed by atoms with van der Waals surface area (Å²) >= 11 is 0. The van der Waals surface area contributed by atoms with Crippen LogP contribution in [0.2, 0.25) is 0 Å². The van der Waals surface area contributed by atoms with Gasteiger partial charge in [-0.2, -0.15) is 0 Å². The molecule has 1 aromatic carbocycles. The molecule has 0 fully saturated rings. The molecule has 2 N–H and O–H groups in total. The lowest BCUT2D eigenvalue weighted by Crippen LogP contribution is -2.26. The molecule has 1 amide bonds. The molecule has 3 nitrogen and oxygen atoms in total. The van der Waals surface area contributed by atoms with Crippen molar-refractivity contribution in [2.75, 3.05) is 0 Å². The number of amides is 1. The Morgan fingerprint density at radius 1 is 1.47 bits per heavy atom. The maximum Gasteiger partial charge on any atom is 0.207 e. The Kier molecular flexibility index (Phi) is 2.72. The summed E-state index contributed by atoms with van der Waals surface area (Å²) in [7, 11) is 0. The fraction of sp³-hybridized carbons (Fsp3) is 0.250. The number of benzene rings is 1. The summed E-state index contributed by atoms with van der Waals surface area (Å²) in [6.45, 7) is 2.00. The van der Waals surface area contributed by atoms with E-state index in [2.05, 4.69) is 22.4 Å². The topological polar surface area (TPSA) is 44.9 Å². The number of rotatable bonds is 4. The van der Waals surface area contributed by atoms with Crippen molar-refractivity contribution in [2.45, 2.75) is 19.4 Å². The molecule has 0 aliphatic heterocycles. The molecule has 1 heterocycles. The second-order valence-electron chi connectivity index (χ2n) is 3.75. The van der Waals surface area contributed by atoms with Gasteiger partial charge in [0.2, 0.25) is 6.41 Å². The Balaban J connectivity index is 2.24. The van der Waals surface area contributed by atoms with E-state index in [-0.39, 0.29) is 6.04 Å². The van der Waals surface area contributed by atoms with Crippen LogP contribution in [0.4, 0.5) is 0 Å². The highest BCUT2D eigenvalue weighted by atomic mass is 16.1. The van der Waals surface area contributed by atoms with E-state index in [0.717, 1.165) is 18.3 Å². The minimum absolute atomic E-state index is 0.168. The third-order valence-electron chi connectivity index (χ3n) is 2.55. The van der Waals surface area contributed by atoms with Crippen molar-refractivity contribution in [3.8, 4) is 0 Å². The molecular weight excluding hydrogens is 188 g/mol. The first kappa shape index (κ1) is 9.77. The van der Waals surface area contributed by atoms with Gasteiger partial charge in [-0.15, -0.1) is 0 Å². The van der Waals surface area contributed by atoms with Crippen molar-refractivity contribution in [3.63, 3.8) is 0 Å². The number of hydrogen-bond acceptors (Lipinski definition) is 1. The first-order valence-electron chi connectivity index (χ1n) is 5.06. The molecule has 0 unspecified atom stereocenters. The molecule has 78 valence electrons. The summed E-state index contributed by atoms with van der Waals surface area (Å²) in [6.07, 6.45) is 3.61. The third-order valence-corrected chi connectivity index (χ3v) is 2.55. The SMILES string of the molecule is C[C@H](Cc1c[nH]c2ccccc12)NC=O. The summed E-state index contributed by atoms with van der Waals surface area (Å²) in [4.78, 5) is 13.5. The Hall–Kier alpha value is -1.77. The van der Waals surface area contributed by atoms with Crippen molar-refractivity contribution in [2.24, 2.45) is 0 Å². The van der Waals surface area contributed by atoms with Crippen molar-refractivity contribution in [1.29, 1.82) is 0 Å². The molecule has 15 heavy (non-hydrogen) atoms. The zero-order valence-electron chi connectivity index (χ0n) is 8.66. The van der Waals surface area contributed by atoms with Crippen LogP contribution in [0, 0.1) is 0 Å². The normalized spacial score (nSPS) is 12.6. The quantitative estimate of drug-likeness (QED) is 0.730. The van der Waals surface area contributed by atoms with Gasteiger partial charge in [0, 0.05) is 23.1 Å². The molecule has 0 aliphatic carbocycles. The van der Waals surface area contributed by atoms with Crippen LogP contribution < -0.4 is 5.32 Å². The molecule has 1 aromatic heterocycles. The average molecular weight is 202 g/mol. The molecule has 1 atom stereocenters. The highest BCUT2D eigenvalue weighted by Crippen LogP contribution is 2.18. The van der Waals surface area contributed by atoms with E-state index < -0.39 is 0 Å². The van der Waals surface area contributed by atoms with Crippen LogP contribution in [0.15, 0.2) is 30.5 Å². The minimum Gasteiger partial charge on any atom is -0.361 e. The van der Waals surface area contributed by atoms with Gasteiger partial charge in [0.1, 0.15) is 0 Å². The number of para-hydroxylation sites is 1. The number of aromatic amines is 1. The number of nitrogens with one attached hydrogen (secondary N) is 2. The van der Waals surface area contributed by atoms with Crippen LogP contribution in [0.5, 0.6) is 0 Å². The van der Waals surface area contributed by atoms with Gasteiger partial charge in [-0.1, -0.05) is 18.2 Å². The Morgan fingerprint density at radius 3 is 3.07 bits per heavy atom. The number of hydrogen-bond donors (Lipinski definition) is 2. The smallest absolute Gasteiger partial charge is 0.207 e. The fourth-order valence-corrected chi connectivity index (χ4v) is 1.81. The lowest BCUT2D eigenvalue weighted by Gasteiger charge is -2.08. The highest BCUT2D eigenvalue weighted by Gasteiger charge is 2.06. The van der Waals surface area contributed by atoms with Crippen LogP contribution in [-0.4, -0.2) is 17.4 Å². The predicted octanol–water partition coefficient (Wildman–Crippen LogP) is 1.84. The Bertz CT molecular complexity index is 461. The Morgan fingerprint density at radius 2 is 2.27 bits per heavy atom. The molecule has 0 saturated carbocycles. The van der Waals surface area contributed by atoms with Crippen molar-refractivity contribution >= 4 is 17.3 Å². The van der Waals surface area contributed by atoms with Gasteiger partial charge < -0.3 is 10.3 Å². The number of aromatic nitrogens is 1. The van der Waals surface area contributed by atoms with E-state index in [1.807, 2.05) is 25.3 Å². The van der Waals surface area contributed by atoms with Gasteiger partial charge in [-0.3, -0.25) is 4.79 Å². The standard InChI is InChI=1S/C12H14N2O/c1-9(14-8-15)6-10-7-13-12-5-3-2-4-11(10)12/h2-5,7-9,13H,6H2,1H3,(H,14,15)/t9-/m1/s1. The Labute approximate surface area is 88.5 Å². The first-order valence-corrected chi connectivity index (χ1v) is 5.06. The van der Waals surface area contributed by atoms with Crippen LogP contribution in [-0.2, 0) is 11.2 Å². The molecule has 0 aliphatic rings. The largest absolute Gasteiger partial charge is 0.361 e. The maximum absolute atomic E-state index is 10.3. The van der Waals surface area contributed by atoms with Crippen LogP contribution >= 0.6 is 0 Å². The first-order chi connectivity index (χ1) is 7.31. The van der Waals surface area contributed by atoms with Crippen LogP contribution in [0.25, 0.3) is 10.9 Å². The zero-order chi connectivity index (χ0) is 10.7. The van der Waals surface area contributed by atoms with Gasteiger partial charge >= 0.3 is 0 Å². The number of H-pyrrole nitrogens is 1. The molecule has 3 heteroatoms. The zero-order valence-corrected chi connectivity index (χ0v) is 8.66. The van der Waals surface area contributed by atoms with E-state index in [0.29, 0.717) is 0 Å². The number of carbonyl (C=O) groups excluding carboxylic acids is 1. The van der Waals surface area contributed by atoms with Crippen molar-refractivity contribution in [3.05, 3.63) is 36.0 Å². The second kappa shape index (κ2) is 4.17. The van der Waals surface area contributed by atoms with Gasteiger partial charge in [-0.25, -0.2) is 0 Å². The van der Waals surface area contributed by atoms with Gasteiger partial charge in [0.05, 0.1) is 0 Å². The van der Waals surface area contributed by atoms with E-state index >= 15 is 0 Å². The number of carbonyl (C=O) groups is 1. The fourth-order valence-electron chi connectivity index (χ4n) is 1.81. The minimum atomic E-state index is 0.168. The number of fused-ring (bicyclic) bond motifs is 1. The molecule has 0 spiro atoms. The van der Waals surface area contributed by atoms with E-state index in [1.54, 1.807) is 0 Å². The van der Waals surface area contributed by atoms with Crippen LogP contribution in [0.1, 0.15) is 12.5 Å². The molecular formula is C12H14N2O. The maximum atomic E-state index is 10.3. The van der Waals surface area contributed by atoms with Crippen LogP contribution in [0.3, 0.4) is 0 Å². The predicted molar refractivity (Wildman–Crippen MR) is 60.7 cm³/mol. The summed E-state index contributed by atoms with van der Waals surface area (Å²) < 4.78 is 0. The lowest BCUT2D eigenvalue weighted by atomic mass is 10.1.